The maximum Gasteiger partial charge on any atom is 0.224 e. The Morgan fingerprint density at radius 3 is 2.95 bits per heavy atom. The van der Waals surface area contributed by atoms with E-state index < -0.39 is 0 Å². The second-order valence-electron chi connectivity index (χ2n) is 4.37. The van der Waals surface area contributed by atoms with Crippen molar-refractivity contribution in [3.63, 3.8) is 0 Å². The lowest BCUT2D eigenvalue weighted by Crippen LogP contribution is -2.11. The fraction of sp³-hybridized carbons (Fsp3) is 0.467. The van der Waals surface area contributed by atoms with Crippen LogP contribution in [0.3, 0.4) is 0 Å². The molecular formula is C15H20N2O3. The second-order valence-corrected chi connectivity index (χ2v) is 4.37. The van der Waals surface area contributed by atoms with Crippen LogP contribution in [0.2, 0.25) is 0 Å². The molecule has 1 rings (SSSR count). The summed E-state index contributed by atoms with van der Waals surface area (Å²) in [6, 6.07) is 9.24. The van der Waals surface area contributed by atoms with Gasteiger partial charge in [0.2, 0.25) is 5.91 Å². The fourth-order valence-corrected chi connectivity index (χ4v) is 1.63. The maximum absolute atomic E-state index is 11.6. The molecular weight excluding hydrogens is 256 g/mol. The van der Waals surface area contributed by atoms with Crippen LogP contribution in [-0.2, 0) is 4.79 Å². The highest BCUT2D eigenvalue weighted by atomic mass is 16.5. The molecule has 0 bridgehead atoms. The van der Waals surface area contributed by atoms with Crippen molar-refractivity contribution in [2.24, 2.45) is 0 Å². The number of aliphatic hydroxyl groups is 1. The van der Waals surface area contributed by atoms with E-state index in [4.69, 9.17) is 15.1 Å². The molecule has 1 aromatic carbocycles. The van der Waals surface area contributed by atoms with Gasteiger partial charge in [0, 0.05) is 31.2 Å². The third kappa shape index (κ3) is 6.76. The molecule has 0 saturated carbocycles. The Bertz CT molecular complexity index is 455. The van der Waals surface area contributed by atoms with E-state index in [0.717, 1.165) is 0 Å². The number of unbranched alkanes of at least 4 members (excludes halogenated alkanes) is 2. The van der Waals surface area contributed by atoms with Gasteiger partial charge in [0.1, 0.15) is 5.75 Å². The average molecular weight is 276 g/mol. The molecule has 108 valence electrons. The van der Waals surface area contributed by atoms with Crippen molar-refractivity contribution in [1.82, 2.24) is 0 Å². The molecule has 0 atom stereocenters. The molecule has 0 aromatic heterocycles. The monoisotopic (exact) mass is 276 g/mol. The normalized spacial score (nSPS) is 9.80. The number of carbonyl (C=O) groups is 1. The Morgan fingerprint density at radius 1 is 1.35 bits per heavy atom. The molecule has 0 saturated heterocycles. The van der Waals surface area contributed by atoms with E-state index >= 15 is 0 Å². The summed E-state index contributed by atoms with van der Waals surface area (Å²) in [7, 11) is 0. The van der Waals surface area contributed by atoms with Gasteiger partial charge in [-0.25, -0.2) is 0 Å². The van der Waals surface area contributed by atoms with Crippen molar-refractivity contribution in [3.8, 4) is 11.8 Å². The molecule has 0 heterocycles. The lowest BCUT2D eigenvalue weighted by Gasteiger charge is -2.08. The Labute approximate surface area is 119 Å². The zero-order chi connectivity index (χ0) is 14.6. The molecule has 0 aliphatic carbocycles. The number of hydrogen-bond acceptors (Lipinski definition) is 4. The first-order valence-electron chi connectivity index (χ1n) is 6.77. The predicted octanol–water partition coefficient (Wildman–Crippen LogP) is 2.47. The van der Waals surface area contributed by atoms with Crippen LogP contribution in [0.1, 0.15) is 32.1 Å². The first-order valence-corrected chi connectivity index (χ1v) is 6.77. The summed E-state index contributed by atoms with van der Waals surface area (Å²) in [6.45, 7) is 0.598. The van der Waals surface area contributed by atoms with E-state index in [-0.39, 0.29) is 12.5 Å². The number of nitrogens with zero attached hydrogens (tertiary/aromatic N) is 1. The molecule has 0 aliphatic rings. The highest BCUT2D eigenvalue weighted by Crippen LogP contribution is 2.18. The van der Waals surface area contributed by atoms with Crippen molar-refractivity contribution < 1.29 is 14.6 Å². The predicted molar refractivity (Wildman–Crippen MR) is 76.4 cm³/mol. The third-order valence-corrected chi connectivity index (χ3v) is 2.63. The Kier molecular flexibility index (Phi) is 7.85. The molecule has 2 N–H and O–H groups in total. The number of nitrogens with one attached hydrogen (secondary N) is 1. The summed E-state index contributed by atoms with van der Waals surface area (Å²) in [5.41, 5.74) is 0.691. The standard InChI is InChI=1S/C15H20N2O3/c16-9-2-4-11-20-14-7-5-6-13(12-14)17-15(19)8-1-3-10-18/h5-7,12,18H,1-4,8,10-11H2,(H,17,19). The van der Waals surface area contributed by atoms with Crippen molar-refractivity contribution in [2.45, 2.75) is 32.1 Å². The van der Waals surface area contributed by atoms with E-state index in [2.05, 4.69) is 11.4 Å². The molecule has 1 amide bonds. The zero-order valence-corrected chi connectivity index (χ0v) is 11.5. The summed E-state index contributed by atoms with van der Waals surface area (Å²) in [4.78, 5) is 11.6. The van der Waals surface area contributed by atoms with Crippen LogP contribution in [0.15, 0.2) is 24.3 Å². The van der Waals surface area contributed by atoms with Gasteiger partial charge >= 0.3 is 0 Å². The molecule has 20 heavy (non-hydrogen) atoms. The van der Waals surface area contributed by atoms with Gasteiger partial charge in [-0.3, -0.25) is 4.79 Å². The molecule has 0 aliphatic heterocycles. The summed E-state index contributed by atoms with van der Waals surface area (Å²) < 4.78 is 5.49. The SMILES string of the molecule is N#CCCCOc1cccc(NC(=O)CCCCO)c1. The molecule has 0 spiro atoms. The van der Waals surface area contributed by atoms with E-state index in [1.54, 1.807) is 12.1 Å². The van der Waals surface area contributed by atoms with Crippen LogP contribution in [0.5, 0.6) is 5.75 Å². The van der Waals surface area contributed by atoms with Crippen LogP contribution >= 0.6 is 0 Å². The molecule has 5 heteroatoms. The number of ether oxygens (including phenoxy) is 1. The number of carbonyl (C=O) groups excluding carboxylic acids is 1. The van der Waals surface area contributed by atoms with Gasteiger partial charge in [0.15, 0.2) is 0 Å². The Morgan fingerprint density at radius 2 is 2.20 bits per heavy atom. The lowest BCUT2D eigenvalue weighted by molar-refractivity contribution is -0.116. The van der Waals surface area contributed by atoms with E-state index in [1.165, 1.54) is 0 Å². The number of aliphatic hydroxyl groups excluding tert-OH is 1. The Hall–Kier alpha value is -2.06. The van der Waals surface area contributed by atoms with E-state index in [1.807, 2.05) is 12.1 Å². The topological polar surface area (TPSA) is 82.3 Å². The second kappa shape index (κ2) is 9.82. The van der Waals surface area contributed by atoms with Crippen molar-refractivity contribution in [3.05, 3.63) is 24.3 Å². The highest BCUT2D eigenvalue weighted by Gasteiger charge is 2.03. The van der Waals surface area contributed by atoms with Gasteiger partial charge in [-0.2, -0.15) is 5.26 Å². The van der Waals surface area contributed by atoms with Crippen LogP contribution in [0.25, 0.3) is 0 Å². The number of anilines is 1. The highest BCUT2D eigenvalue weighted by molar-refractivity contribution is 5.90. The number of hydrogen-bond donors (Lipinski definition) is 2. The molecule has 1 aromatic rings. The quantitative estimate of drug-likeness (QED) is 0.679. The number of nitriles is 1. The van der Waals surface area contributed by atoms with Crippen LogP contribution in [0, 0.1) is 11.3 Å². The van der Waals surface area contributed by atoms with Crippen LogP contribution < -0.4 is 10.1 Å². The lowest BCUT2D eigenvalue weighted by atomic mass is 10.2. The van der Waals surface area contributed by atoms with Gasteiger partial charge in [0.05, 0.1) is 12.7 Å². The first-order chi connectivity index (χ1) is 9.76. The zero-order valence-electron chi connectivity index (χ0n) is 11.5. The fourth-order valence-electron chi connectivity index (χ4n) is 1.63. The van der Waals surface area contributed by atoms with Crippen molar-refractivity contribution in [1.29, 1.82) is 5.26 Å². The smallest absolute Gasteiger partial charge is 0.224 e. The number of benzene rings is 1. The summed E-state index contributed by atoms with van der Waals surface area (Å²) in [5.74, 6) is 0.608. The van der Waals surface area contributed by atoms with Crippen molar-refractivity contribution in [2.75, 3.05) is 18.5 Å². The number of amides is 1. The largest absolute Gasteiger partial charge is 0.493 e. The number of rotatable bonds is 9. The first kappa shape index (κ1) is 16.0. The summed E-state index contributed by atoms with van der Waals surface area (Å²) in [6.07, 6.45) is 2.87. The summed E-state index contributed by atoms with van der Waals surface area (Å²) in [5, 5.41) is 19.9. The minimum atomic E-state index is -0.0694. The Balaban J connectivity index is 2.39. The van der Waals surface area contributed by atoms with E-state index in [9.17, 15) is 4.79 Å². The van der Waals surface area contributed by atoms with Gasteiger partial charge < -0.3 is 15.2 Å². The van der Waals surface area contributed by atoms with Crippen molar-refractivity contribution >= 4 is 11.6 Å². The van der Waals surface area contributed by atoms with Gasteiger partial charge in [-0.1, -0.05) is 6.07 Å². The molecule has 0 radical (unpaired) electrons. The van der Waals surface area contributed by atoms with Gasteiger partial charge in [-0.15, -0.1) is 0 Å². The minimum absolute atomic E-state index is 0.0694. The molecule has 0 fully saturated rings. The minimum Gasteiger partial charge on any atom is -0.493 e. The maximum atomic E-state index is 11.6. The average Bonchev–Trinajstić information content (AvgIpc) is 2.44. The van der Waals surface area contributed by atoms with E-state index in [0.29, 0.717) is 50.1 Å². The molecule has 5 nitrogen and oxygen atoms in total. The van der Waals surface area contributed by atoms with Crippen LogP contribution in [0.4, 0.5) is 5.69 Å². The third-order valence-electron chi connectivity index (χ3n) is 2.63. The van der Waals surface area contributed by atoms with Gasteiger partial charge in [-0.05, 0) is 31.4 Å². The summed E-state index contributed by atoms with van der Waals surface area (Å²) >= 11 is 0. The van der Waals surface area contributed by atoms with Gasteiger partial charge in [0.25, 0.3) is 0 Å². The molecule has 0 unspecified atom stereocenters. The van der Waals surface area contributed by atoms with Crippen LogP contribution in [-0.4, -0.2) is 24.2 Å².